The highest BCUT2D eigenvalue weighted by Crippen LogP contribution is 2.27. The van der Waals surface area contributed by atoms with Gasteiger partial charge in [-0.05, 0) is 37.3 Å². The van der Waals surface area contributed by atoms with Crippen molar-refractivity contribution < 1.29 is 13.2 Å². The highest BCUT2D eigenvalue weighted by molar-refractivity contribution is 7.89. The number of sulfonamides is 1. The van der Waals surface area contributed by atoms with E-state index in [1.807, 2.05) is 37.3 Å². The van der Waals surface area contributed by atoms with E-state index in [2.05, 4.69) is 0 Å². The maximum Gasteiger partial charge on any atom is 0.258 e. The van der Waals surface area contributed by atoms with Crippen molar-refractivity contribution >= 4 is 33.2 Å². The molecule has 0 aliphatic heterocycles. The maximum absolute atomic E-state index is 13.0. The number of carbonyl (C=O) groups is 1. The van der Waals surface area contributed by atoms with Gasteiger partial charge < -0.3 is 4.90 Å². The Bertz CT molecular complexity index is 866. The van der Waals surface area contributed by atoms with Gasteiger partial charge in [0.15, 0.2) is 0 Å². The van der Waals surface area contributed by atoms with Crippen molar-refractivity contribution in [2.45, 2.75) is 25.7 Å². The zero-order valence-corrected chi connectivity index (χ0v) is 16.7. The zero-order valence-electron chi connectivity index (χ0n) is 15.1. The van der Waals surface area contributed by atoms with Gasteiger partial charge in [0.25, 0.3) is 5.91 Å². The SMILES string of the molecule is CCN(C(=O)c1ccc(Cl)c(S(=O)(=O)N(CC)CC)c1)c1ccccc1. The lowest BCUT2D eigenvalue weighted by Gasteiger charge is -2.23. The summed E-state index contributed by atoms with van der Waals surface area (Å²) in [5.74, 6) is -0.272. The first kappa shape index (κ1) is 20.4. The summed E-state index contributed by atoms with van der Waals surface area (Å²) >= 11 is 6.14. The van der Waals surface area contributed by atoms with Crippen molar-refractivity contribution in [2.75, 3.05) is 24.5 Å². The first-order chi connectivity index (χ1) is 12.4. The van der Waals surface area contributed by atoms with Crippen LogP contribution in [0.25, 0.3) is 0 Å². The Hall–Kier alpha value is -1.89. The fourth-order valence-electron chi connectivity index (χ4n) is 2.74. The van der Waals surface area contributed by atoms with E-state index in [-0.39, 0.29) is 21.4 Å². The number of carbonyl (C=O) groups excluding carboxylic acids is 1. The van der Waals surface area contributed by atoms with E-state index in [4.69, 9.17) is 11.6 Å². The van der Waals surface area contributed by atoms with Crippen LogP contribution in [0.5, 0.6) is 0 Å². The molecule has 2 aromatic carbocycles. The molecule has 7 heteroatoms. The van der Waals surface area contributed by atoms with Crippen LogP contribution in [0.1, 0.15) is 31.1 Å². The first-order valence-corrected chi connectivity index (χ1v) is 10.3. The summed E-state index contributed by atoms with van der Waals surface area (Å²) in [6.45, 7) is 6.52. The van der Waals surface area contributed by atoms with Crippen molar-refractivity contribution in [3.63, 3.8) is 0 Å². The summed E-state index contributed by atoms with van der Waals surface area (Å²) in [6.07, 6.45) is 0. The molecular weight excluding hydrogens is 372 g/mol. The van der Waals surface area contributed by atoms with Crippen LogP contribution in [0.3, 0.4) is 0 Å². The number of hydrogen-bond donors (Lipinski definition) is 0. The van der Waals surface area contributed by atoms with E-state index in [0.29, 0.717) is 19.6 Å². The summed E-state index contributed by atoms with van der Waals surface area (Å²) in [5.41, 5.74) is 1.04. The van der Waals surface area contributed by atoms with Crippen LogP contribution in [0.15, 0.2) is 53.4 Å². The Balaban J connectivity index is 2.47. The average Bonchev–Trinajstić information content (AvgIpc) is 2.64. The van der Waals surface area contributed by atoms with Crippen molar-refractivity contribution in [3.05, 3.63) is 59.1 Å². The zero-order chi connectivity index (χ0) is 19.3. The monoisotopic (exact) mass is 394 g/mol. The van der Waals surface area contributed by atoms with Crippen LogP contribution < -0.4 is 4.90 Å². The number of para-hydroxylation sites is 1. The molecule has 2 aromatic rings. The fraction of sp³-hybridized carbons (Fsp3) is 0.316. The summed E-state index contributed by atoms with van der Waals surface area (Å²) in [6, 6.07) is 13.6. The molecule has 0 heterocycles. The average molecular weight is 395 g/mol. The molecule has 0 saturated heterocycles. The molecule has 5 nitrogen and oxygen atoms in total. The minimum atomic E-state index is -3.75. The molecule has 0 fully saturated rings. The fourth-order valence-corrected chi connectivity index (χ4v) is 4.70. The third-order valence-electron chi connectivity index (χ3n) is 4.13. The van der Waals surface area contributed by atoms with E-state index in [0.717, 1.165) is 5.69 Å². The number of benzene rings is 2. The van der Waals surface area contributed by atoms with E-state index >= 15 is 0 Å². The van der Waals surface area contributed by atoms with Gasteiger partial charge in [-0.3, -0.25) is 4.79 Å². The third-order valence-corrected chi connectivity index (χ3v) is 6.66. The molecule has 0 aromatic heterocycles. The van der Waals surface area contributed by atoms with Crippen LogP contribution in [-0.4, -0.2) is 38.3 Å². The highest BCUT2D eigenvalue weighted by atomic mass is 35.5. The summed E-state index contributed by atoms with van der Waals surface area (Å²) in [4.78, 5) is 14.5. The number of amides is 1. The van der Waals surface area contributed by atoms with Gasteiger partial charge in [-0.2, -0.15) is 4.31 Å². The van der Waals surface area contributed by atoms with Gasteiger partial charge in [-0.15, -0.1) is 0 Å². The lowest BCUT2D eigenvalue weighted by molar-refractivity contribution is 0.0988. The van der Waals surface area contributed by atoms with Crippen molar-refractivity contribution in [2.24, 2.45) is 0 Å². The minimum absolute atomic E-state index is 0.0437. The Morgan fingerprint density at radius 2 is 1.58 bits per heavy atom. The lowest BCUT2D eigenvalue weighted by atomic mass is 10.2. The predicted octanol–water partition coefficient (Wildman–Crippen LogP) is 4.04. The molecule has 0 N–H and O–H groups in total. The highest BCUT2D eigenvalue weighted by Gasteiger charge is 2.26. The van der Waals surface area contributed by atoms with Crippen LogP contribution >= 0.6 is 11.6 Å². The molecule has 1 amide bonds. The molecule has 0 bridgehead atoms. The van der Waals surface area contributed by atoms with Gasteiger partial charge in [-0.25, -0.2) is 8.42 Å². The van der Waals surface area contributed by atoms with Gasteiger partial charge in [0.05, 0.1) is 5.02 Å². The summed E-state index contributed by atoms with van der Waals surface area (Å²) in [5, 5.41) is 0.108. The minimum Gasteiger partial charge on any atom is -0.309 e. The number of nitrogens with zero attached hydrogens (tertiary/aromatic N) is 2. The number of halogens is 1. The van der Waals surface area contributed by atoms with Gasteiger partial charge in [-0.1, -0.05) is 43.6 Å². The molecule has 140 valence electrons. The quantitative estimate of drug-likeness (QED) is 0.712. The normalized spacial score (nSPS) is 11.6. The summed E-state index contributed by atoms with van der Waals surface area (Å²) < 4.78 is 26.9. The van der Waals surface area contributed by atoms with Gasteiger partial charge in [0.2, 0.25) is 10.0 Å². The maximum atomic E-state index is 13.0. The van der Waals surface area contributed by atoms with Crippen molar-refractivity contribution in [3.8, 4) is 0 Å². The second-order valence-electron chi connectivity index (χ2n) is 5.62. The molecular formula is C19H23ClN2O3S. The largest absolute Gasteiger partial charge is 0.309 e. The molecule has 2 rings (SSSR count). The first-order valence-electron chi connectivity index (χ1n) is 8.53. The molecule has 0 unspecified atom stereocenters. The lowest BCUT2D eigenvalue weighted by Crippen LogP contribution is -2.32. The number of rotatable bonds is 7. The van der Waals surface area contributed by atoms with Crippen LogP contribution in [0.4, 0.5) is 5.69 Å². The topological polar surface area (TPSA) is 57.7 Å². The van der Waals surface area contributed by atoms with Crippen LogP contribution in [0, 0.1) is 0 Å². The van der Waals surface area contributed by atoms with Gasteiger partial charge in [0.1, 0.15) is 4.90 Å². The summed E-state index contributed by atoms with van der Waals surface area (Å²) in [7, 11) is -3.75. The van der Waals surface area contributed by atoms with Crippen molar-refractivity contribution in [1.82, 2.24) is 4.31 Å². The molecule has 0 saturated carbocycles. The molecule has 0 atom stereocenters. The Morgan fingerprint density at radius 1 is 0.962 bits per heavy atom. The number of anilines is 1. The van der Waals surface area contributed by atoms with Crippen LogP contribution in [0.2, 0.25) is 5.02 Å². The van der Waals surface area contributed by atoms with Gasteiger partial charge in [0, 0.05) is 30.9 Å². The Labute approximate surface area is 160 Å². The standard InChI is InChI=1S/C19H23ClN2O3S/c1-4-21(5-2)26(24,25)18-14-15(12-13-17(18)20)19(23)22(6-3)16-10-8-7-9-11-16/h7-14H,4-6H2,1-3H3. The smallest absolute Gasteiger partial charge is 0.258 e. The molecule has 26 heavy (non-hydrogen) atoms. The Kier molecular flexibility index (Phi) is 6.81. The molecule has 0 aliphatic carbocycles. The number of hydrogen-bond acceptors (Lipinski definition) is 3. The van der Waals surface area contributed by atoms with E-state index in [1.165, 1.54) is 16.4 Å². The predicted molar refractivity (Wildman–Crippen MR) is 105 cm³/mol. The van der Waals surface area contributed by atoms with E-state index < -0.39 is 10.0 Å². The molecule has 0 spiro atoms. The van der Waals surface area contributed by atoms with Crippen molar-refractivity contribution in [1.29, 1.82) is 0 Å². The van der Waals surface area contributed by atoms with Crippen LogP contribution in [-0.2, 0) is 10.0 Å². The Morgan fingerprint density at radius 3 is 2.12 bits per heavy atom. The third kappa shape index (κ3) is 4.09. The molecule has 0 aliphatic rings. The van der Waals surface area contributed by atoms with E-state index in [9.17, 15) is 13.2 Å². The molecule has 0 radical (unpaired) electrons. The van der Waals surface area contributed by atoms with Gasteiger partial charge >= 0.3 is 0 Å². The second kappa shape index (κ2) is 8.66. The van der Waals surface area contributed by atoms with E-state index in [1.54, 1.807) is 24.8 Å². The second-order valence-corrected chi connectivity index (χ2v) is 7.93.